The number of aliphatic hydroxyl groups is 1. The van der Waals surface area contributed by atoms with E-state index in [1.54, 1.807) is 0 Å². The highest BCUT2D eigenvalue weighted by Crippen LogP contribution is 2.29. The van der Waals surface area contributed by atoms with Gasteiger partial charge >= 0.3 is 5.97 Å². The number of cyclic esters (lactones) is 1. The van der Waals surface area contributed by atoms with E-state index in [4.69, 9.17) is 9.84 Å². The fraction of sp³-hybridized carbons (Fsp3) is 0.167. The first-order chi connectivity index (χ1) is 5.52. The van der Waals surface area contributed by atoms with Crippen LogP contribution < -0.4 is 0 Å². The second kappa shape index (κ2) is 4.04. The van der Waals surface area contributed by atoms with E-state index in [0.29, 0.717) is 9.15 Å². The summed E-state index contributed by atoms with van der Waals surface area (Å²) in [6.07, 6.45) is 1.45. The van der Waals surface area contributed by atoms with Gasteiger partial charge in [-0.25, -0.2) is 4.79 Å². The number of esters is 1. The van der Waals surface area contributed by atoms with Gasteiger partial charge in [-0.2, -0.15) is 0 Å². The van der Waals surface area contributed by atoms with Crippen LogP contribution in [-0.4, -0.2) is 16.1 Å². The molecule has 0 saturated carbocycles. The summed E-state index contributed by atoms with van der Waals surface area (Å²) in [6, 6.07) is 0. The Hall–Kier alpha value is 0.350. The van der Waals surface area contributed by atoms with E-state index in [2.05, 4.69) is 47.8 Å². The Balaban J connectivity index is 2.97. The molecule has 1 rings (SSSR count). The molecule has 1 aliphatic rings. The normalized spacial score (nSPS) is 18.8. The van der Waals surface area contributed by atoms with Crippen molar-refractivity contribution >= 4 is 53.8 Å². The van der Waals surface area contributed by atoms with Gasteiger partial charge in [0.05, 0.1) is 5.57 Å². The van der Waals surface area contributed by atoms with Crippen molar-refractivity contribution < 1.29 is 14.6 Å². The SMILES string of the molecule is O=C1OC(=C(Br)Br)C=C1C(O)Br. The van der Waals surface area contributed by atoms with Gasteiger partial charge in [0.25, 0.3) is 0 Å². The van der Waals surface area contributed by atoms with Crippen LogP contribution in [0.3, 0.4) is 0 Å². The largest absolute Gasteiger partial charge is 0.421 e. The minimum atomic E-state index is -0.984. The fourth-order valence-corrected chi connectivity index (χ4v) is 1.36. The van der Waals surface area contributed by atoms with Crippen molar-refractivity contribution in [1.82, 2.24) is 0 Å². The molecule has 66 valence electrons. The van der Waals surface area contributed by atoms with Crippen LogP contribution in [0.4, 0.5) is 0 Å². The van der Waals surface area contributed by atoms with Crippen molar-refractivity contribution in [1.29, 1.82) is 0 Å². The molecule has 0 aliphatic carbocycles. The first-order valence-corrected chi connectivity index (χ1v) is 5.33. The van der Waals surface area contributed by atoms with Crippen LogP contribution in [-0.2, 0) is 9.53 Å². The number of allylic oxidation sites excluding steroid dienone is 1. The number of ether oxygens (including phenoxy) is 1. The van der Waals surface area contributed by atoms with Crippen molar-refractivity contribution in [3.05, 3.63) is 20.8 Å². The van der Waals surface area contributed by atoms with E-state index < -0.39 is 11.0 Å². The number of carbonyl (C=O) groups is 1. The molecule has 1 heterocycles. The molecule has 0 fully saturated rings. The summed E-state index contributed by atoms with van der Waals surface area (Å²) in [6.45, 7) is 0. The number of hydrogen-bond acceptors (Lipinski definition) is 3. The lowest BCUT2D eigenvalue weighted by Gasteiger charge is -1.98. The second-order valence-corrected chi connectivity index (χ2v) is 5.47. The van der Waals surface area contributed by atoms with E-state index in [1.807, 2.05) is 0 Å². The first-order valence-electron chi connectivity index (χ1n) is 2.83. The molecule has 1 N–H and O–H groups in total. The molecule has 0 aromatic carbocycles. The van der Waals surface area contributed by atoms with Crippen LogP contribution in [0.2, 0.25) is 0 Å². The van der Waals surface area contributed by atoms with Crippen LogP contribution in [0.1, 0.15) is 0 Å². The van der Waals surface area contributed by atoms with Crippen molar-refractivity contribution in [2.75, 3.05) is 0 Å². The molecule has 6 heteroatoms. The topological polar surface area (TPSA) is 46.5 Å². The first kappa shape index (κ1) is 10.4. The van der Waals surface area contributed by atoms with Crippen LogP contribution in [0.5, 0.6) is 0 Å². The Bertz CT molecular complexity index is 276. The zero-order valence-corrected chi connectivity index (χ0v) is 10.3. The summed E-state index contributed by atoms with van der Waals surface area (Å²) in [4.78, 5) is 11.0. The summed E-state index contributed by atoms with van der Waals surface area (Å²) in [7, 11) is 0. The number of hydrogen-bond donors (Lipinski definition) is 1. The highest BCUT2D eigenvalue weighted by Gasteiger charge is 2.26. The van der Waals surface area contributed by atoms with E-state index in [9.17, 15) is 4.79 Å². The summed E-state index contributed by atoms with van der Waals surface area (Å²) < 4.78 is 5.29. The van der Waals surface area contributed by atoms with Gasteiger partial charge in [-0.1, -0.05) is 15.9 Å². The molecule has 0 aromatic rings. The molecule has 0 aromatic heterocycles. The number of halogens is 3. The smallest absolute Gasteiger partial charge is 0.343 e. The zero-order chi connectivity index (χ0) is 9.30. The summed E-state index contributed by atoms with van der Waals surface area (Å²) in [5, 5.41) is 8.03. The van der Waals surface area contributed by atoms with Gasteiger partial charge in [0.15, 0.2) is 5.76 Å². The third-order valence-corrected chi connectivity index (χ3v) is 2.44. The molecule has 0 amide bonds. The minimum absolute atomic E-state index is 0.182. The molecule has 1 unspecified atom stereocenters. The molecule has 0 spiro atoms. The second-order valence-electron chi connectivity index (χ2n) is 1.95. The Morgan fingerprint density at radius 2 is 2.17 bits per heavy atom. The van der Waals surface area contributed by atoms with Crippen LogP contribution in [0.15, 0.2) is 20.8 Å². The Morgan fingerprint density at radius 1 is 1.58 bits per heavy atom. The average Bonchev–Trinajstić information content (AvgIpc) is 2.30. The molecule has 1 atom stereocenters. The maximum Gasteiger partial charge on any atom is 0.343 e. The Kier molecular flexibility index (Phi) is 3.51. The number of aliphatic hydroxyl groups excluding tert-OH is 1. The maximum absolute atomic E-state index is 11.0. The lowest BCUT2D eigenvalue weighted by Crippen LogP contribution is -2.08. The quantitative estimate of drug-likeness (QED) is 0.574. The number of carbonyl (C=O) groups excluding carboxylic acids is 1. The van der Waals surface area contributed by atoms with E-state index in [0.717, 1.165) is 0 Å². The van der Waals surface area contributed by atoms with Gasteiger partial charge in [-0.15, -0.1) is 0 Å². The van der Waals surface area contributed by atoms with Gasteiger partial charge in [-0.3, -0.25) is 0 Å². The predicted octanol–water partition coefficient (Wildman–Crippen LogP) is 2.14. The van der Waals surface area contributed by atoms with Crippen LogP contribution in [0.25, 0.3) is 0 Å². The number of alkyl halides is 1. The van der Waals surface area contributed by atoms with Gasteiger partial charge in [0, 0.05) is 0 Å². The molecule has 12 heavy (non-hydrogen) atoms. The van der Waals surface area contributed by atoms with E-state index in [-0.39, 0.29) is 5.57 Å². The zero-order valence-electron chi connectivity index (χ0n) is 5.55. The molecule has 3 nitrogen and oxygen atoms in total. The average molecular weight is 363 g/mol. The van der Waals surface area contributed by atoms with Crippen molar-refractivity contribution in [3.63, 3.8) is 0 Å². The van der Waals surface area contributed by atoms with Crippen LogP contribution >= 0.6 is 47.8 Å². The van der Waals surface area contributed by atoms with Crippen molar-refractivity contribution in [3.8, 4) is 0 Å². The number of rotatable bonds is 1. The van der Waals surface area contributed by atoms with Gasteiger partial charge in [0.1, 0.15) is 8.40 Å². The predicted molar refractivity (Wildman–Crippen MR) is 54.0 cm³/mol. The summed E-state index contributed by atoms with van der Waals surface area (Å²) >= 11 is 9.02. The van der Waals surface area contributed by atoms with E-state index >= 15 is 0 Å². The monoisotopic (exact) mass is 360 g/mol. The van der Waals surface area contributed by atoms with Crippen molar-refractivity contribution in [2.45, 2.75) is 5.01 Å². The molecule has 1 aliphatic heterocycles. The van der Waals surface area contributed by atoms with Crippen molar-refractivity contribution in [2.24, 2.45) is 0 Å². The van der Waals surface area contributed by atoms with Gasteiger partial charge < -0.3 is 9.84 Å². The van der Waals surface area contributed by atoms with Gasteiger partial charge in [0.2, 0.25) is 0 Å². The third kappa shape index (κ3) is 2.18. The standard InChI is InChI=1S/C6H3Br3O3/c7-4(8)3-1-2(5(9)10)6(11)12-3/h1,5,10H. The minimum Gasteiger partial charge on any atom is -0.421 e. The summed E-state index contributed by atoms with van der Waals surface area (Å²) in [5.41, 5.74) is 0.182. The van der Waals surface area contributed by atoms with Crippen LogP contribution in [0, 0.1) is 0 Å². The highest BCUT2D eigenvalue weighted by atomic mass is 79.9. The molecular weight excluding hydrogens is 360 g/mol. The van der Waals surface area contributed by atoms with Gasteiger partial charge in [-0.05, 0) is 37.9 Å². The summed E-state index contributed by atoms with van der Waals surface area (Å²) in [5.74, 6) is -0.195. The molecule has 0 saturated heterocycles. The fourth-order valence-electron chi connectivity index (χ4n) is 0.648. The third-order valence-electron chi connectivity index (χ3n) is 1.17. The molecule has 0 bridgehead atoms. The maximum atomic E-state index is 11.0. The molecular formula is C6H3Br3O3. The van der Waals surface area contributed by atoms with E-state index in [1.165, 1.54) is 6.08 Å². The lowest BCUT2D eigenvalue weighted by molar-refractivity contribution is -0.133. The highest BCUT2D eigenvalue weighted by molar-refractivity contribution is 9.28. The Labute approximate surface area is 93.9 Å². The lowest BCUT2D eigenvalue weighted by atomic mass is 10.3. The Morgan fingerprint density at radius 3 is 2.42 bits per heavy atom. The molecule has 0 radical (unpaired) electrons.